The molecule has 0 saturated carbocycles. The molecule has 0 aliphatic heterocycles. The molecule has 4 aromatic rings. The number of fused-ring (bicyclic) bond motifs is 1. The summed E-state index contributed by atoms with van der Waals surface area (Å²) in [5, 5.41) is 4.05. The first-order valence-corrected chi connectivity index (χ1v) is 8.85. The Bertz CT molecular complexity index is 1140. The van der Waals surface area contributed by atoms with Crippen molar-refractivity contribution >= 4 is 28.5 Å². The summed E-state index contributed by atoms with van der Waals surface area (Å²) in [6.07, 6.45) is 0. The zero-order valence-electron chi connectivity index (χ0n) is 15.3. The van der Waals surface area contributed by atoms with Gasteiger partial charge in [-0.1, -0.05) is 42.5 Å². The maximum absolute atomic E-state index is 6.05. The molecule has 28 heavy (non-hydrogen) atoms. The molecule has 0 atom stereocenters. The van der Waals surface area contributed by atoms with Gasteiger partial charge in [0.25, 0.3) is 5.95 Å². The van der Waals surface area contributed by atoms with Crippen molar-refractivity contribution in [3.05, 3.63) is 84.6 Å². The maximum Gasteiger partial charge on any atom is 0.253 e. The summed E-state index contributed by atoms with van der Waals surface area (Å²) in [7, 11) is 0. The quantitative estimate of drug-likeness (QED) is 0.399. The Hall–Kier alpha value is -3.93. The van der Waals surface area contributed by atoms with Crippen LogP contribution in [0.15, 0.2) is 83.9 Å². The minimum absolute atomic E-state index is 0.201. The van der Waals surface area contributed by atoms with Gasteiger partial charge in [0.1, 0.15) is 11.5 Å². The third kappa shape index (κ3) is 4.07. The normalized spacial score (nSPS) is 11.4. The van der Waals surface area contributed by atoms with Crippen molar-refractivity contribution in [2.24, 2.45) is 10.7 Å². The Morgan fingerprint density at radius 3 is 2.50 bits per heavy atom. The predicted octanol–water partition coefficient (Wildman–Crippen LogP) is 4.79. The molecule has 138 valence electrons. The average molecular weight is 369 g/mol. The van der Waals surface area contributed by atoms with Crippen LogP contribution in [0.5, 0.6) is 11.5 Å². The van der Waals surface area contributed by atoms with Gasteiger partial charge in [0.05, 0.1) is 11.2 Å². The smallest absolute Gasteiger partial charge is 0.253 e. The molecule has 0 spiro atoms. The van der Waals surface area contributed by atoms with E-state index in [1.165, 1.54) is 0 Å². The number of benzene rings is 3. The fourth-order valence-corrected chi connectivity index (χ4v) is 2.82. The monoisotopic (exact) mass is 369 g/mol. The number of guanidine groups is 1. The Balaban J connectivity index is 1.53. The summed E-state index contributed by atoms with van der Waals surface area (Å²) in [5.74, 6) is 1.98. The van der Waals surface area contributed by atoms with Gasteiger partial charge in [0.15, 0.2) is 0 Å². The molecule has 0 radical (unpaired) electrons. The van der Waals surface area contributed by atoms with Crippen LogP contribution >= 0.6 is 0 Å². The number of aryl methyl sites for hydroxylation is 1. The lowest BCUT2D eigenvalue weighted by molar-refractivity contribution is 0.483. The fraction of sp³-hybridized carbons (Fsp3) is 0.0455. The SMILES string of the molecule is Cc1nc(N=C(N)Nc2cccc(Oc3ccccc3)c2)nc2ccccc12. The molecule has 0 amide bonds. The molecule has 0 fully saturated rings. The summed E-state index contributed by atoms with van der Waals surface area (Å²) in [4.78, 5) is 13.2. The summed E-state index contributed by atoms with van der Waals surface area (Å²) >= 11 is 0. The molecule has 0 aliphatic rings. The highest BCUT2D eigenvalue weighted by Crippen LogP contribution is 2.24. The van der Waals surface area contributed by atoms with E-state index in [9.17, 15) is 0 Å². The molecular formula is C22H19N5O. The van der Waals surface area contributed by atoms with Crippen LogP contribution in [0.2, 0.25) is 0 Å². The molecule has 4 rings (SSSR count). The largest absolute Gasteiger partial charge is 0.457 e. The van der Waals surface area contributed by atoms with Crippen molar-refractivity contribution in [1.82, 2.24) is 9.97 Å². The van der Waals surface area contributed by atoms with Gasteiger partial charge in [-0.15, -0.1) is 0 Å². The second kappa shape index (κ2) is 7.75. The third-order valence-corrected chi connectivity index (χ3v) is 4.09. The lowest BCUT2D eigenvalue weighted by Gasteiger charge is -2.09. The van der Waals surface area contributed by atoms with Crippen molar-refractivity contribution in [3.63, 3.8) is 0 Å². The Kier molecular flexibility index (Phi) is 4.84. The summed E-state index contributed by atoms with van der Waals surface area (Å²) in [6.45, 7) is 1.93. The first-order valence-electron chi connectivity index (χ1n) is 8.85. The number of nitrogens with two attached hydrogens (primary N) is 1. The minimum atomic E-state index is 0.201. The molecular weight excluding hydrogens is 350 g/mol. The van der Waals surface area contributed by atoms with Crippen LogP contribution in [0.1, 0.15) is 5.69 Å². The van der Waals surface area contributed by atoms with E-state index in [1.54, 1.807) is 0 Å². The van der Waals surface area contributed by atoms with E-state index in [0.29, 0.717) is 11.7 Å². The molecule has 3 aromatic carbocycles. The van der Waals surface area contributed by atoms with E-state index < -0.39 is 0 Å². The molecule has 3 N–H and O–H groups in total. The van der Waals surface area contributed by atoms with Gasteiger partial charge in [-0.25, -0.2) is 9.97 Å². The maximum atomic E-state index is 6.05. The summed E-state index contributed by atoms with van der Waals surface area (Å²) in [6, 6.07) is 24.9. The van der Waals surface area contributed by atoms with Crippen molar-refractivity contribution in [3.8, 4) is 11.5 Å². The molecule has 6 heteroatoms. The number of hydrogen-bond donors (Lipinski definition) is 2. The van der Waals surface area contributed by atoms with Gasteiger partial charge >= 0.3 is 0 Å². The van der Waals surface area contributed by atoms with Crippen LogP contribution in [0.25, 0.3) is 10.9 Å². The predicted molar refractivity (Wildman–Crippen MR) is 112 cm³/mol. The average Bonchev–Trinajstić information content (AvgIpc) is 2.69. The number of nitrogens with zero attached hydrogens (tertiary/aromatic N) is 3. The van der Waals surface area contributed by atoms with E-state index in [-0.39, 0.29) is 5.96 Å². The molecule has 0 aliphatic carbocycles. The van der Waals surface area contributed by atoms with Crippen molar-refractivity contribution in [1.29, 1.82) is 0 Å². The fourth-order valence-electron chi connectivity index (χ4n) is 2.82. The van der Waals surface area contributed by atoms with E-state index in [1.807, 2.05) is 85.8 Å². The van der Waals surface area contributed by atoms with Gasteiger partial charge in [0, 0.05) is 17.1 Å². The summed E-state index contributed by atoms with van der Waals surface area (Å²) < 4.78 is 5.84. The van der Waals surface area contributed by atoms with Crippen LogP contribution < -0.4 is 15.8 Å². The van der Waals surface area contributed by atoms with Crippen LogP contribution in [-0.2, 0) is 0 Å². The van der Waals surface area contributed by atoms with E-state index in [2.05, 4.69) is 20.3 Å². The first-order chi connectivity index (χ1) is 13.7. The zero-order valence-corrected chi connectivity index (χ0v) is 15.3. The van der Waals surface area contributed by atoms with E-state index in [0.717, 1.165) is 28.0 Å². The van der Waals surface area contributed by atoms with E-state index in [4.69, 9.17) is 10.5 Å². The second-order valence-electron chi connectivity index (χ2n) is 6.19. The minimum Gasteiger partial charge on any atom is -0.457 e. The molecule has 0 bridgehead atoms. The number of ether oxygens (including phenoxy) is 1. The number of nitrogens with one attached hydrogen (secondary N) is 1. The van der Waals surface area contributed by atoms with E-state index >= 15 is 0 Å². The lowest BCUT2D eigenvalue weighted by Crippen LogP contribution is -2.22. The molecule has 0 saturated heterocycles. The van der Waals surface area contributed by atoms with Crippen LogP contribution in [-0.4, -0.2) is 15.9 Å². The number of anilines is 1. The molecule has 6 nitrogen and oxygen atoms in total. The number of rotatable bonds is 4. The van der Waals surface area contributed by atoms with Crippen LogP contribution in [0, 0.1) is 6.92 Å². The standard InChI is InChI=1S/C22H19N5O/c1-15-19-12-5-6-13-20(19)26-22(24-15)27-21(23)25-16-8-7-11-18(14-16)28-17-9-3-2-4-10-17/h2-14H,1H3,(H3,23,24,25,26,27). The van der Waals surface area contributed by atoms with Gasteiger partial charge in [0.2, 0.25) is 5.96 Å². The number of hydrogen-bond acceptors (Lipinski definition) is 4. The molecule has 0 unspecified atom stereocenters. The topological polar surface area (TPSA) is 85.4 Å². The number of aliphatic imine (C=N–C) groups is 1. The Labute approximate surface area is 162 Å². The van der Waals surface area contributed by atoms with Gasteiger partial charge in [-0.05, 0) is 37.3 Å². The third-order valence-electron chi connectivity index (χ3n) is 4.09. The van der Waals surface area contributed by atoms with Gasteiger partial charge in [-0.2, -0.15) is 4.99 Å². The Morgan fingerprint density at radius 2 is 1.64 bits per heavy atom. The lowest BCUT2D eigenvalue weighted by atomic mass is 10.2. The van der Waals surface area contributed by atoms with Crippen molar-refractivity contribution in [2.75, 3.05) is 5.32 Å². The molecule has 1 aromatic heterocycles. The number of para-hydroxylation sites is 2. The first kappa shape index (κ1) is 17.5. The highest BCUT2D eigenvalue weighted by atomic mass is 16.5. The Morgan fingerprint density at radius 1 is 0.893 bits per heavy atom. The van der Waals surface area contributed by atoms with Gasteiger partial charge < -0.3 is 15.8 Å². The van der Waals surface area contributed by atoms with Crippen molar-refractivity contribution < 1.29 is 4.74 Å². The highest BCUT2D eigenvalue weighted by molar-refractivity contribution is 5.94. The second-order valence-corrected chi connectivity index (χ2v) is 6.19. The summed E-state index contributed by atoms with van der Waals surface area (Å²) in [5.41, 5.74) is 8.50. The van der Waals surface area contributed by atoms with Crippen LogP contribution in [0.4, 0.5) is 11.6 Å². The zero-order chi connectivity index (χ0) is 19.3. The molecule has 1 heterocycles. The van der Waals surface area contributed by atoms with Crippen LogP contribution in [0.3, 0.4) is 0 Å². The van der Waals surface area contributed by atoms with Gasteiger partial charge in [-0.3, -0.25) is 0 Å². The number of aromatic nitrogens is 2. The highest BCUT2D eigenvalue weighted by Gasteiger charge is 2.05. The van der Waals surface area contributed by atoms with Crippen molar-refractivity contribution in [2.45, 2.75) is 6.92 Å².